The molecule has 25 heavy (non-hydrogen) atoms. The Balaban J connectivity index is 1.55. The molecule has 0 radical (unpaired) electrons. The smallest absolute Gasteiger partial charge is 0.228 e. The summed E-state index contributed by atoms with van der Waals surface area (Å²) in [6.45, 7) is 5.11. The van der Waals surface area contributed by atoms with Gasteiger partial charge in [-0.15, -0.1) is 0 Å². The molecule has 2 aromatic rings. The highest BCUT2D eigenvalue weighted by Gasteiger charge is 2.36. The van der Waals surface area contributed by atoms with Crippen molar-refractivity contribution >= 4 is 22.8 Å². The number of piperidine rings is 1. The van der Waals surface area contributed by atoms with Crippen molar-refractivity contribution in [3.63, 3.8) is 0 Å². The molecule has 2 aliphatic rings. The predicted molar refractivity (Wildman–Crippen MR) is 95.4 cm³/mol. The standard InChI is InChI=1S/C18H25N5O2/c1-12-4-7-23(18(24)13-5-8-25-10-13)9-15(12)22(2)17-14-3-6-19-16(14)20-11-21-17/h3,6,11-13,15H,4-5,7-10H2,1-2H3,(H,19,20,21)/t12-,13+,15+/m1/s1. The predicted octanol–water partition coefficient (Wildman–Crippen LogP) is 1.67. The second kappa shape index (κ2) is 6.63. The van der Waals surface area contributed by atoms with Gasteiger partial charge in [0.2, 0.25) is 5.91 Å². The number of likely N-dealkylation sites (N-methyl/N-ethyl adjacent to an activating group) is 1. The topological polar surface area (TPSA) is 74.3 Å². The summed E-state index contributed by atoms with van der Waals surface area (Å²) in [4.78, 5) is 28.9. The number of hydrogen-bond acceptors (Lipinski definition) is 5. The Bertz CT molecular complexity index is 755. The molecule has 1 N–H and O–H groups in total. The molecule has 0 bridgehead atoms. The molecule has 134 valence electrons. The summed E-state index contributed by atoms with van der Waals surface area (Å²) in [7, 11) is 2.07. The summed E-state index contributed by atoms with van der Waals surface area (Å²) in [5.41, 5.74) is 0.844. The van der Waals surface area contributed by atoms with Gasteiger partial charge in [-0.3, -0.25) is 4.79 Å². The number of rotatable bonds is 3. The van der Waals surface area contributed by atoms with Crippen molar-refractivity contribution in [2.45, 2.75) is 25.8 Å². The van der Waals surface area contributed by atoms with E-state index in [2.05, 4.69) is 33.8 Å². The zero-order valence-electron chi connectivity index (χ0n) is 14.8. The van der Waals surface area contributed by atoms with Gasteiger partial charge < -0.3 is 19.5 Å². The van der Waals surface area contributed by atoms with Crippen LogP contribution < -0.4 is 4.90 Å². The summed E-state index contributed by atoms with van der Waals surface area (Å²) in [5.74, 6) is 1.70. The first-order chi connectivity index (χ1) is 12.1. The summed E-state index contributed by atoms with van der Waals surface area (Å²) in [5, 5.41) is 1.02. The summed E-state index contributed by atoms with van der Waals surface area (Å²) in [6, 6.07) is 2.25. The van der Waals surface area contributed by atoms with E-state index in [4.69, 9.17) is 4.74 Å². The third-order valence-electron chi connectivity index (χ3n) is 5.67. The van der Waals surface area contributed by atoms with Crippen molar-refractivity contribution in [2.75, 3.05) is 38.3 Å². The number of aromatic amines is 1. The van der Waals surface area contributed by atoms with E-state index in [9.17, 15) is 4.79 Å². The van der Waals surface area contributed by atoms with Crippen LogP contribution in [0, 0.1) is 11.8 Å². The molecule has 0 aliphatic carbocycles. The first kappa shape index (κ1) is 16.3. The number of anilines is 1. The second-order valence-electron chi connectivity index (χ2n) is 7.23. The molecule has 7 heteroatoms. The van der Waals surface area contributed by atoms with Crippen LogP contribution in [-0.2, 0) is 9.53 Å². The van der Waals surface area contributed by atoms with Crippen LogP contribution in [0.1, 0.15) is 19.8 Å². The van der Waals surface area contributed by atoms with Crippen LogP contribution in [0.2, 0.25) is 0 Å². The maximum absolute atomic E-state index is 12.8. The van der Waals surface area contributed by atoms with Crippen molar-refractivity contribution in [2.24, 2.45) is 11.8 Å². The van der Waals surface area contributed by atoms with Crippen molar-refractivity contribution in [1.29, 1.82) is 0 Å². The molecule has 0 unspecified atom stereocenters. The van der Waals surface area contributed by atoms with Crippen molar-refractivity contribution in [3.8, 4) is 0 Å². The molecule has 0 aromatic carbocycles. The van der Waals surface area contributed by atoms with E-state index in [1.54, 1.807) is 6.33 Å². The van der Waals surface area contributed by atoms with E-state index in [-0.39, 0.29) is 17.9 Å². The van der Waals surface area contributed by atoms with Gasteiger partial charge in [0, 0.05) is 32.9 Å². The van der Waals surface area contributed by atoms with Crippen LogP contribution in [0.3, 0.4) is 0 Å². The lowest BCUT2D eigenvalue weighted by Gasteiger charge is -2.42. The lowest BCUT2D eigenvalue weighted by molar-refractivity contribution is -0.137. The van der Waals surface area contributed by atoms with Crippen molar-refractivity contribution in [3.05, 3.63) is 18.6 Å². The van der Waals surface area contributed by atoms with Gasteiger partial charge in [0.15, 0.2) is 0 Å². The maximum atomic E-state index is 12.8. The zero-order chi connectivity index (χ0) is 17.4. The fraction of sp³-hybridized carbons (Fsp3) is 0.611. The second-order valence-corrected chi connectivity index (χ2v) is 7.23. The van der Waals surface area contributed by atoms with Crippen LogP contribution in [0.25, 0.3) is 11.0 Å². The van der Waals surface area contributed by atoms with Gasteiger partial charge in [0.1, 0.15) is 17.8 Å². The minimum atomic E-state index is 0.0368. The Morgan fingerprint density at radius 3 is 3.08 bits per heavy atom. The van der Waals surface area contributed by atoms with Gasteiger partial charge in [-0.05, 0) is 24.8 Å². The molecule has 2 fully saturated rings. The number of hydrogen-bond donors (Lipinski definition) is 1. The van der Waals surface area contributed by atoms with E-state index in [1.807, 2.05) is 17.2 Å². The van der Waals surface area contributed by atoms with Gasteiger partial charge in [-0.1, -0.05) is 6.92 Å². The average molecular weight is 343 g/mol. The number of nitrogens with one attached hydrogen (secondary N) is 1. The average Bonchev–Trinajstić information content (AvgIpc) is 3.32. The Labute approximate surface area is 147 Å². The Morgan fingerprint density at radius 2 is 2.28 bits per heavy atom. The molecule has 4 rings (SSSR count). The molecule has 0 spiro atoms. The van der Waals surface area contributed by atoms with E-state index < -0.39 is 0 Å². The maximum Gasteiger partial charge on any atom is 0.228 e. The zero-order valence-corrected chi connectivity index (χ0v) is 14.8. The molecular weight excluding hydrogens is 318 g/mol. The third-order valence-corrected chi connectivity index (χ3v) is 5.67. The largest absolute Gasteiger partial charge is 0.381 e. The molecule has 4 heterocycles. The molecule has 1 amide bonds. The SMILES string of the molecule is C[C@@H]1CCN(C(=O)[C@H]2CCOC2)C[C@@H]1N(C)c1ncnc2[nH]ccc12. The highest BCUT2D eigenvalue weighted by Crippen LogP contribution is 2.29. The lowest BCUT2D eigenvalue weighted by atomic mass is 9.91. The highest BCUT2D eigenvalue weighted by atomic mass is 16.5. The number of ether oxygens (including phenoxy) is 1. The first-order valence-electron chi connectivity index (χ1n) is 9.02. The minimum Gasteiger partial charge on any atom is -0.381 e. The highest BCUT2D eigenvalue weighted by molar-refractivity contribution is 5.87. The van der Waals surface area contributed by atoms with Gasteiger partial charge >= 0.3 is 0 Å². The van der Waals surface area contributed by atoms with E-state index >= 15 is 0 Å². The number of nitrogens with zero attached hydrogens (tertiary/aromatic N) is 4. The van der Waals surface area contributed by atoms with Crippen LogP contribution in [0.5, 0.6) is 0 Å². The van der Waals surface area contributed by atoms with Crippen LogP contribution in [0.15, 0.2) is 18.6 Å². The summed E-state index contributed by atoms with van der Waals surface area (Å²) in [6.07, 6.45) is 5.34. The first-order valence-corrected chi connectivity index (χ1v) is 9.02. The van der Waals surface area contributed by atoms with Gasteiger partial charge in [-0.2, -0.15) is 0 Å². The number of fused-ring (bicyclic) bond motifs is 1. The van der Waals surface area contributed by atoms with Crippen molar-refractivity contribution < 1.29 is 9.53 Å². The summed E-state index contributed by atoms with van der Waals surface area (Å²) >= 11 is 0. The fourth-order valence-corrected chi connectivity index (χ4v) is 4.04. The fourth-order valence-electron chi connectivity index (χ4n) is 4.04. The minimum absolute atomic E-state index is 0.0368. The lowest BCUT2D eigenvalue weighted by Crippen LogP contribution is -2.54. The normalized spacial score (nSPS) is 27.0. The van der Waals surface area contributed by atoms with E-state index in [0.29, 0.717) is 19.1 Å². The molecule has 2 aliphatic heterocycles. The van der Waals surface area contributed by atoms with E-state index in [1.165, 1.54) is 0 Å². The van der Waals surface area contributed by atoms with Gasteiger partial charge in [-0.25, -0.2) is 9.97 Å². The van der Waals surface area contributed by atoms with Crippen molar-refractivity contribution in [1.82, 2.24) is 19.9 Å². The Morgan fingerprint density at radius 1 is 1.40 bits per heavy atom. The molecular formula is C18H25N5O2. The van der Waals surface area contributed by atoms with E-state index in [0.717, 1.165) is 42.8 Å². The number of carbonyl (C=O) groups excluding carboxylic acids is 1. The molecule has 0 saturated carbocycles. The third kappa shape index (κ3) is 2.97. The molecule has 2 saturated heterocycles. The number of likely N-dealkylation sites (tertiary alicyclic amines) is 1. The van der Waals surface area contributed by atoms with Crippen LogP contribution >= 0.6 is 0 Å². The molecule has 7 nitrogen and oxygen atoms in total. The number of amides is 1. The number of carbonyl (C=O) groups is 1. The molecule has 2 aromatic heterocycles. The monoisotopic (exact) mass is 343 g/mol. The van der Waals surface area contributed by atoms with Gasteiger partial charge in [0.25, 0.3) is 0 Å². The molecule has 3 atom stereocenters. The Hall–Kier alpha value is -2.15. The quantitative estimate of drug-likeness (QED) is 0.918. The Kier molecular flexibility index (Phi) is 4.33. The van der Waals surface area contributed by atoms with Crippen LogP contribution in [-0.4, -0.2) is 65.2 Å². The number of H-pyrrole nitrogens is 1. The number of aromatic nitrogens is 3. The van der Waals surface area contributed by atoms with Crippen LogP contribution in [0.4, 0.5) is 5.82 Å². The summed E-state index contributed by atoms with van der Waals surface area (Å²) < 4.78 is 5.39. The van der Waals surface area contributed by atoms with Gasteiger partial charge in [0.05, 0.1) is 24.0 Å².